The number of nitrogens with zero attached hydrogens (tertiary/aromatic N) is 3. The van der Waals surface area contributed by atoms with Crippen LogP contribution in [0.3, 0.4) is 0 Å². The van der Waals surface area contributed by atoms with Gasteiger partial charge >= 0.3 is 0 Å². The van der Waals surface area contributed by atoms with Gasteiger partial charge in [0.05, 0.1) is 35.6 Å². The summed E-state index contributed by atoms with van der Waals surface area (Å²) >= 11 is 0. The van der Waals surface area contributed by atoms with E-state index < -0.39 is 6.04 Å². The first kappa shape index (κ1) is 20.2. The van der Waals surface area contributed by atoms with Crippen LogP contribution in [0.15, 0.2) is 18.2 Å². The van der Waals surface area contributed by atoms with E-state index in [1.54, 1.807) is 23.1 Å². The second-order valence-electron chi connectivity index (χ2n) is 7.69. The fourth-order valence-electron chi connectivity index (χ4n) is 3.31. The lowest BCUT2D eigenvalue weighted by Gasteiger charge is -2.31. The predicted octanol–water partition coefficient (Wildman–Crippen LogP) is 2.25. The molecule has 2 amide bonds. The van der Waals surface area contributed by atoms with E-state index in [1.807, 2.05) is 27.7 Å². The molecular formula is C21H28N4O3. The molecule has 0 radical (unpaired) electrons. The summed E-state index contributed by atoms with van der Waals surface area (Å²) in [6.45, 7) is 10.1. The zero-order valence-corrected chi connectivity index (χ0v) is 17.0. The minimum absolute atomic E-state index is 0.0441. The zero-order chi connectivity index (χ0) is 20.3. The molecule has 1 fully saturated rings. The first-order valence-corrected chi connectivity index (χ1v) is 9.77. The third-order valence-electron chi connectivity index (χ3n) is 4.97. The van der Waals surface area contributed by atoms with Gasteiger partial charge in [0, 0.05) is 18.7 Å². The number of carbonyl (C=O) groups excluding carboxylic acids is 2. The van der Waals surface area contributed by atoms with Crippen LogP contribution in [0.1, 0.15) is 42.0 Å². The van der Waals surface area contributed by atoms with Crippen molar-refractivity contribution in [2.45, 2.75) is 40.2 Å². The van der Waals surface area contributed by atoms with Crippen LogP contribution in [-0.2, 0) is 9.53 Å². The van der Waals surface area contributed by atoms with E-state index in [4.69, 9.17) is 4.74 Å². The summed E-state index contributed by atoms with van der Waals surface area (Å²) in [7, 11) is 0. The van der Waals surface area contributed by atoms with Crippen LogP contribution < -0.4 is 5.32 Å². The van der Waals surface area contributed by atoms with E-state index >= 15 is 0 Å². The quantitative estimate of drug-likeness (QED) is 0.855. The molecule has 7 nitrogen and oxygen atoms in total. The Morgan fingerprint density at radius 3 is 2.39 bits per heavy atom. The number of fused-ring (bicyclic) bond motifs is 1. The summed E-state index contributed by atoms with van der Waals surface area (Å²) in [6.07, 6.45) is 0.591. The Bertz CT molecular complexity index is 875. The fraction of sp³-hybridized carbons (Fsp3) is 0.524. The van der Waals surface area contributed by atoms with E-state index in [0.717, 1.165) is 16.9 Å². The van der Waals surface area contributed by atoms with Crippen molar-refractivity contribution in [3.05, 3.63) is 35.2 Å². The molecular weight excluding hydrogens is 356 g/mol. The van der Waals surface area contributed by atoms with Crippen molar-refractivity contribution < 1.29 is 14.3 Å². The monoisotopic (exact) mass is 384 g/mol. The highest BCUT2D eigenvalue weighted by molar-refractivity contribution is 5.99. The van der Waals surface area contributed by atoms with Crippen LogP contribution in [0.25, 0.3) is 11.0 Å². The summed E-state index contributed by atoms with van der Waals surface area (Å²) in [5.41, 5.74) is 3.62. The predicted molar refractivity (Wildman–Crippen MR) is 107 cm³/mol. The van der Waals surface area contributed by atoms with Crippen LogP contribution in [0.5, 0.6) is 0 Å². The molecule has 1 N–H and O–H groups in total. The Kier molecular flexibility index (Phi) is 6.24. The molecule has 0 saturated carbocycles. The maximum Gasteiger partial charge on any atom is 0.252 e. The van der Waals surface area contributed by atoms with E-state index in [2.05, 4.69) is 15.3 Å². The van der Waals surface area contributed by atoms with Gasteiger partial charge in [0.1, 0.15) is 6.04 Å². The van der Waals surface area contributed by atoms with Crippen LogP contribution in [0.4, 0.5) is 0 Å². The number of benzene rings is 1. The molecule has 3 rings (SSSR count). The molecule has 1 aliphatic rings. The maximum atomic E-state index is 12.9. The highest BCUT2D eigenvalue weighted by Crippen LogP contribution is 2.16. The second-order valence-corrected chi connectivity index (χ2v) is 7.69. The SMILES string of the molecule is Cc1nc2ccc(C(=O)N[C@H](CC(C)C)C(=O)N3CCOCC3)cc2nc1C. The first-order chi connectivity index (χ1) is 13.3. The van der Waals surface area contributed by atoms with Crippen LogP contribution in [0.2, 0.25) is 0 Å². The van der Waals surface area contributed by atoms with Crippen LogP contribution in [0, 0.1) is 19.8 Å². The van der Waals surface area contributed by atoms with Crippen molar-refractivity contribution in [2.75, 3.05) is 26.3 Å². The molecule has 28 heavy (non-hydrogen) atoms. The van der Waals surface area contributed by atoms with Gasteiger partial charge in [-0.05, 0) is 44.4 Å². The Morgan fingerprint density at radius 1 is 1.11 bits per heavy atom. The molecule has 7 heteroatoms. The maximum absolute atomic E-state index is 12.9. The number of aryl methyl sites for hydroxylation is 2. The summed E-state index contributed by atoms with van der Waals surface area (Å²) in [5, 5.41) is 2.93. The van der Waals surface area contributed by atoms with Gasteiger partial charge in [-0.2, -0.15) is 0 Å². The number of hydrogen-bond donors (Lipinski definition) is 1. The lowest BCUT2D eigenvalue weighted by Crippen LogP contribution is -2.52. The number of hydrogen-bond acceptors (Lipinski definition) is 5. The molecule has 2 aromatic rings. The number of carbonyl (C=O) groups is 2. The molecule has 1 aliphatic heterocycles. The molecule has 2 heterocycles. The smallest absolute Gasteiger partial charge is 0.252 e. The molecule has 0 bridgehead atoms. The highest BCUT2D eigenvalue weighted by atomic mass is 16.5. The summed E-state index contributed by atoms with van der Waals surface area (Å²) < 4.78 is 5.33. The Balaban J connectivity index is 1.79. The molecule has 0 unspecified atom stereocenters. The van der Waals surface area contributed by atoms with Crippen molar-refractivity contribution in [3.8, 4) is 0 Å². The lowest BCUT2D eigenvalue weighted by molar-refractivity contribution is -0.137. The summed E-state index contributed by atoms with van der Waals surface area (Å²) in [6, 6.07) is 4.71. The molecule has 1 aromatic carbocycles. The molecule has 1 aromatic heterocycles. The van der Waals surface area contributed by atoms with Gasteiger partial charge in [-0.25, -0.2) is 9.97 Å². The topological polar surface area (TPSA) is 84.4 Å². The van der Waals surface area contributed by atoms with Crippen molar-refractivity contribution in [3.63, 3.8) is 0 Å². The number of nitrogens with one attached hydrogen (secondary N) is 1. The summed E-state index contributed by atoms with van der Waals surface area (Å²) in [5.74, 6) is -0.0324. The van der Waals surface area contributed by atoms with Crippen LogP contribution in [-0.4, -0.2) is 59.0 Å². The molecule has 150 valence electrons. The normalized spacial score (nSPS) is 15.7. The van der Waals surface area contributed by atoms with E-state index in [-0.39, 0.29) is 17.7 Å². The second kappa shape index (κ2) is 8.65. The fourth-order valence-corrected chi connectivity index (χ4v) is 3.31. The average molecular weight is 384 g/mol. The van der Waals surface area contributed by atoms with Crippen molar-refractivity contribution in [1.82, 2.24) is 20.2 Å². The van der Waals surface area contributed by atoms with Gasteiger partial charge in [-0.1, -0.05) is 13.8 Å². The standard InChI is InChI=1S/C21H28N4O3/c1-13(2)11-19(21(27)25-7-9-28-10-8-25)24-20(26)16-5-6-17-18(12-16)23-15(4)14(3)22-17/h5-6,12-13,19H,7-11H2,1-4H3,(H,24,26)/t19-/m1/s1. The Morgan fingerprint density at radius 2 is 1.75 bits per heavy atom. The number of rotatable bonds is 5. The van der Waals surface area contributed by atoms with Gasteiger partial charge in [0.2, 0.25) is 5.91 Å². The van der Waals surface area contributed by atoms with Gasteiger partial charge in [0.25, 0.3) is 5.91 Å². The summed E-state index contributed by atoms with van der Waals surface area (Å²) in [4.78, 5) is 36.6. The number of amides is 2. The van der Waals surface area contributed by atoms with Gasteiger partial charge < -0.3 is 15.0 Å². The minimum atomic E-state index is -0.549. The molecule has 1 atom stereocenters. The zero-order valence-electron chi connectivity index (χ0n) is 17.0. The lowest BCUT2D eigenvalue weighted by atomic mass is 10.0. The third kappa shape index (κ3) is 4.65. The molecule has 0 aliphatic carbocycles. The van der Waals surface area contributed by atoms with Crippen molar-refractivity contribution in [2.24, 2.45) is 5.92 Å². The number of ether oxygens (including phenoxy) is 1. The molecule has 1 saturated heterocycles. The minimum Gasteiger partial charge on any atom is -0.378 e. The van der Waals surface area contributed by atoms with E-state index in [1.165, 1.54) is 0 Å². The Labute approximate surface area is 165 Å². The number of aromatic nitrogens is 2. The van der Waals surface area contributed by atoms with Gasteiger partial charge in [-0.3, -0.25) is 9.59 Å². The number of morpholine rings is 1. The first-order valence-electron chi connectivity index (χ1n) is 9.77. The Hall–Kier alpha value is -2.54. The average Bonchev–Trinajstić information content (AvgIpc) is 2.67. The third-order valence-corrected chi connectivity index (χ3v) is 4.97. The molecule has 0 spiro atoms. The largest absolute Gasteiger partial charge is 0.378 e. The van der Waals surface area contributed by atoms with E-state index in [0.29, 0.717) is 43.8 Å². The van der Waals surface area contributed by atoms with Gasteiger partial charge in [-0.15, -0.1) is 0 Å². The van der Waals surface area contributed by atoms with Crippen molar-refractivity contribution in [1.29, 1.82) is 0 Å². The van der Waals surface area contributed by atoms with Gasteiger partial charge in [0.15, 0.2) is 0 Å². The van der Waals surface area contributed by atoms with Crippen molar-refractivity contribution >= 4 is 22.8 Å². The van der Waals surface area contributed by atoms with E-state index in [9.17, 15) is 9.59 Å². The van der Waals surface area contributed by atoms with Crippen LogP contribution >= 0.6 is 0 Å². The highest BCUT2D eigenvalue weighted by Gasteiger charge is 2.28.